The summed E-state index contributed by atoms with van der Waals surface area (Å²) in [4.78, 5) is 10.8. The maximum atomic E-state index is 10.8. The molecule has 1 radical (unpaired) electrons. The van der Waals surface area contributed by atoms with E-state index in [4.69, 9.17) is 4.74 Å². The normalized spacial score (nSPS) is 12.6. The molecule has 0 amide bonds. The molecular weight excluding hydrogens is 144 g/mol. The van der Waals surface area contributed by atoms with Crippen LogP contribution in [-0.2, 0) is 9.53 Å². The molecule has 0 heterocycles. The molecule has 0 aliphatic rings. The molecule has 1 atom stereocenters. The molecular formula is C7H13O2Si. The fourth-order valence-electron chi connectivity index (χ4n) is 0.342. The van der Waals surface area contributed by atoms with Crippen LogP contribution in [0.25, 0.3) is 0 Å². The zero-order valence-corrected chi connectivity index (χ0v) is 8.52. The maximum Gasteiger partial charge on any atom is 0.333 e. The number of ether oxygens (including phenoxy) is 1. The van der Waals surface area contributed by atoms with E-state index in [1.54, 1.807) is 6.92 Å². The Morgan fingerprint density at radius 3 is 2.60 bits per heavy atom. The number of hydrogen-bond donors (Lipinski definition) is 0. The number of rotatable bonds is 3. The minimum absolute atomic E-state index is 0.0317. The summed E-state index contributed by atoms with van der Waals surface area (Å²) in [5, 5.41) is 0. The average molecular weight is 157 g/mol. The molecule has 0 aromatic heterocycles. The average Bonchev–Trinajstić information content (AvgIpc) is 1.87. The second-order valence-electron chi connectivity index (χ2n) is 2.28. The Morgan fingerprint density at radius 2 is 2.30 bits per heavy atom. The van der Waals surface area contributed by atoms with Gasteiger partial charge in [0.1, 0.15) is 0 Å². The molecule has 0 bridgehead atoms. The van der Waals surface area contributed by atoms with E-state index in [1.807, 2.05) is 0 Å². The smallest absolute Gasteiger partial charge is 0.333 e. The second kappa shape index (κ2) is 4.28. The third-order valence-corrected chi connectivity index (χ3v) is 1.88. The lowest BCUT2D eigenvalue weighted by atomic mass is 10.4. The van der Waals surface area contributed by atoms with E-state index in [0.717, 1.165) is 10.2 Å². The summed E-state index contributed by atoms with van der Waals surface area (Å²) in [6, 6.07) is 0. The predicted molar refractivity (Wildman–Crippen MR) is 44.6 cm³/mol. The zero-order valence-electron chi connectivity index (χ0n) is 6.52. The van der Waals surface area contributed by atoms with Crippen molar-refractivity contribution in [2.45, 2.75) is 19.1 Å². The Hall–Kier alpha value is -0.573. The van der Waals surface area contributed by atoms with Gasteiger partial charge in [0.15, 0.2) is 0 Å². The first-order valence-corrected chi connectivity index (χ1v) is 4.39. The van der Waals surface area contributed by atoms with E-state index in [2.05, 4.69) is 13.5 Å². The molecule has 0 spiro atoms. The van der Waals surface area contributed by atoms with Crippen LogP contribution in [0, 0.1) is 6.92 Å². The van der Waals surface area contributed by atoms with E-state index in [-0.39, 0.29) is 11.7 Å². The SMILES string of the molecule is [CH2]CC([SiH3])OC(=O)C(=C)C. The summed E-state index contributed by atoms with van der Waals surface area (Å²) in [7, 11) is 0.837. The van der Waals surface area contributed by atoms with Crippen molar-refractivity contribution in [3.63, 3.8) is 0 Å². The lowest BCUT2D eigenvalue weighted by Crippen LogP contribution is -2.17. The molecule has 0 aliphatic heterocycles. The quantitative estimate of drug-likeness (QED) is 0.328. The fourth-order valence-corrected chi connectivity index (χ4v) is 0.556. The van der Waals surface area contributed by atoms with E-state index >= 15 is 0 Å². The molecule has 0 aromatic rings. The highest BCUT2D eigenvalue weighted by atomic mass is 28.1. The molecule has 0 saturated heterocycles. The zero-order chi connectivity index (χ0) is 8.15. The summed E-state index contributed by atoms with van der Waals surface area (Å²) in [5.41, 5.74) is 0.485. The molecule has 0 fully saturated rings. The number of esters is 1. The molecule has 0 N–H and O–H groups in total. The van der Waals surface area contributed by atoms with Gasteiger partial charge in [-0.15, -0.1) is 0 Å². The van der Waals surface area contributed by atoms with Gasteiger partial charge in [-0.05, 0) is 13.3 Å². The summed E-state index contributed by atoms with van der Waals surface area (Å²) in [5.74, 6) is -0.302. The summed E-state index contributed by atoms with van der Waals surface area (Å²) < 4.78 is 4.92. The van der Waals surface area contributed by atoms with Crippen molar-refractivity contribution in [3.05, 3.63) is 19.1 Å². The molecule has 0 aromatic carbocycles. The Balaban J connectivity index is 3.68. The highest BCUT2D eigenvalue weighted by molar-refractivity contribution is 6.12. The highest BCUT2D eigenvalue weighted by Gasteiger charge is 2.06. The minimum atomic E-state index is -0.302. The highest BCUT2D eigenvalue weighted by Crippen LogP contribution is 1.97. The van der Waals surface area contributed by atoms with E-state index in [1.165, 1.54) is 0 Å². The van der Waals surface area contributed by atoms with E-state index in [0.29, 0.717) is 12.0 Å². The third kappa shape index (κ3) is 3.45. The lowest BCUT2D eigenvalue weighted by Gasteiger charge is -2.09. The van der Waals surface area contributed by atoms with Crippen LogP contribution in [0.5, 0.6) is 0 Å². The van der Waals surface area contributed by atoms with Crippen LogP contribution in [0.15, 0.2) is 12.2 Å². The lowest BCUT2D eigenvalue weighted by molar-refractivity contribution is -0.140. The topological polar surface area (TPSA) is 26.3 Å². The molecule has 0 rings (SSSR count). The van der Waals surface area contributed by atoms with Crippen molar-refractivity contribution in [1.29, 1.82) is 0 Å². The number of hydrogen-bond acceptors (Lipinski definition) is 2. The van der Waals surface area contributed by atoms with Crippen LogP contribution >= 0.6 is 0 Å². The van der Waals surface area contributed by atoms with Crippen molar-refractivity contribution in [2.24, 2.45) is 0 Å². The summed E-state index contributed by atoms with van der Waals surface area (Å²) >= 11 is 0. The van der Waals surface area contributed by atoms with Crippen molar-refractivity contribution >= 4 is 16.2 Å². The number of carbonyl (C=O) groups is 1. The largest absolute Gasteiger partial charge is 0.464 e. The maximum absolute atomic E-state index is 10.8. The Labute approximate surface area is 64.7 Å². The van der Waals surface area contributed by atoms with Gasteiger partial charge in [0.2, 0.25) is 0 Å². The van der Waals surface area contributed by atoms with Crippen LogP contribution in [-0.4, -0.2) is 21.9 Å². The van der Waals surface area contributed by atoms with E-state index in [9.17, 15) is 4.79 Å². The van der Waals surface area contributed by atoms with E-state index < -0.39 is 0 Å². The van der Waals surface area contributed by atoms with Crippen molar-refractivity contribution < 1.29 is 9.53 Å². The summed E-state index contributed by atoms with van der Waals surface area (Å²) in [6.45, 7) is 8.73. The van der Waals surface area contributed by atoms with Gasteiger partial charge in [0.05, 0.1) is 16.0 Å². The first-order chi connectivity index (χ1) is 4.57. The molecule has 10 heavy (non-hydrogen) atoms. The second-order valence-corrected chi connectivity index (χ2v) is 3.57. The first kappa shape index (κ1) is 9.43. The molecule has 57 valence electrons. The summed E-state index contributed by atoms with van der Waals surface area (Å²) in [6.07, 6.45) is 0.658. The molecule has 3 heteroatoms. The van der Waals surface area contributed by atoms with Crippen molar-refractivity contribution in [1.82, 2.24) is 0 Å². The van der Waals surface area contributed by atoms with Crippen LogP contribution in [0.4, 0.5) is 0 Å². The van der Waals surface area contributed by atoms with Gasteiger partial charge in [-0.25, -0.2) is 4.79 Å². The van der Waals surface area contributed by atoms with Gasteiger partial charge in [0.25, 0.3) is 0 Å². The number of carbonyl (C=O) groups excluding carboxylic acids is 1. The van der Waals surface area contributed by atoms with Crippen LogP contribution < -0.4 is 0 Å². The Bertz CT molecular complexity index is 143. The monoisotopic (exact) mass is 157 g/mol. The van der Waals surface area contributed by atoms with Crippen LogP contribution in [0.2, 0.25) is 0 Å². The Kier molecular flexibility index (Phi) is 4.03. The third-order valence-electron chi connectivity index (χ3n) is 1.06. The van der Waals surface area contributed by atoms with Crippen molar-refractivity contribution in [3.8, 4) is 0 Å². The van der Waals surface area contributed by atoms with Gasteiger partial charge in [-0.1, -0.05) is 13.5 Å². The van der Waals surface area contributed by atoms with Crippen LogP contribution in [0.3, 0.4) is 0 Å². The van der Waals surface area contributed by atoms with Crippen molar-refractivity contribution in [2.75, 3.05) is 0 Å². The standard InChI is InChI=1S/C7H13O2Si/c1-4-6(10)9-7(8)5(2)3/h6H,1-2,4H2,3,10H3. The van der Waals surface area contributed by atoms with Gasteiger partial charge in [-0.2, -0.15) is 0 Å². The Morgan fingerprint density at radius 1 is 1.80 bits per heavy atom. The predicted octanol–water partition coefficient (Wildman–Crippen LogP) is 0.0214. The van der Waals surface area contributed by atoms with Crippen LogP contribution in [0.1, 0.15) is 13.3 Å². The minimum Gasteiger partial charge on any atom is -0.464 e. The molecule has 0 aliphatic carbocycles. The molecule has 0 saturated carbocycles. The van der Waals surface area contributed by atoms with Gasteiger partial charge < -0.3 is 4.74 Å². The van der Waals surface area contributed by atoms with Gasteiger partial charge in [0, 0.05) is 5.57 Å². The van der Waals surface area contributed by atoms with Gasteiger partial charge in [-0.3, -0.25) is 0 Å². The first-order valence-electron chi connectivity index (χ1n) is 3.23. The molecule has 1 unspecified atom stereocenters. The fraction of sp³-hybridized carbons (Fsp3) is 0.429. The molecule has 2 nitrogen and oxygen atoms in total. The van der Waals surface area contributed by atoms with Gasteiger partial charge >= 0.3 is 5.97 Å².